The van der Waals surface area contributed by atoms with Crippen LogP contribution < -0.4 is 15.4 Å². The molecule has 0 unspecified atom stereocenters. The zero-order valence-corrected chi connectivity index (χ0v) is 16.0. The first-order chi connectivity index (χ1) is 13.6. The summed E-state index contributed by atoms with van der Waals surface area (Å²) in [4.78, 5) is 37.9. The van der Waals surface area contributed by atoms with Crippen LogP contribution in [0.4, 0.5) is 5.69 Å². The predicted molar refractivity (Wildman–Crippen MR) is 104 cm³/mol. The van der Waals surface area contributed by atoms with Crippen molar-refractivity contribution in [3.05, 3.63) is 24.3 Å². The lowest BCUT2D eigenvalue weighted by molar-refractivity contribution is -0.134. The number of ether oxygens (including phenoxy) is 1. The van der Waals surface area contributed by atoms with Gasteiger partial charge in [0, 0.05) is 42.7 Å². The van der Waals surface area contributed by atoms with Crippen molar-refractivity contribution in [3.63, 3.8) is 0 Å². The SMILES string of the molecule is O=C(Nc1cccc(OCC(=O)N2CCC(NC(=O)C3CC3)CC2)c1)C1CC1. The first-order valence-electron chi connectivity index (χ1n) is 10.2. The Morgan fingerprint density at radius 2 is 1.64 bits per heavy atom. The molecule has 4 rings (SSSR count). The molecule has 2 N–H and O–H groups in total. The Hall–Kier alpha value is -2.57. The maximum absolute atomic E-state index is 12.4. The smallest absolute Gasteiger partial charge is 0.260 e. The number of hydrogen-bond acceptors (Lipinski definition) is 4. The highest BCUT2D eigenvalue weighted by Gasteiger charge is 2.32. The van der Waals surface area contributed by atoms with E-state index in [2.05, 4.69) is 10.6 Å². The van der Waals surface area contributed by atoms with Crippen LogP contribution in [-0.4, -0.2) is 48.4 Å². The molecule has 1 aromatic carbocycles. The summed E-state index contributed by atoms with van der Waals surface area (Å²) in [5, 5.41) is 5.97. The summed E-state index contributed by atoms with van der Waals surface area (Å²) in [5.74, 6) is 1.08. The first-order valence-corrected chi connectivity index (χ1v) is 10.2. The van der Waals surface area contributed by atoms with Gasteiger partial charge in [-0.25, -0.2) is 0 Å². The van der Waals surface area contributed by atoms with Gasteiger partial charge in [0.05, 0.1) is 0 Å². The molecule has 3 fully saturated rings. The lowest BCUT2D eigenvalue weighted by atomic mass is 10.0. The Morgan fingerprint density at radius 3 is 2.32 bits per heavy atom. The minimum absolute atomic E-state index is 0.0286. The number of carbonyl (C=O) groups is 3. The highest BCUT2D eigenvalue weighted by atomic mass is 16.5. The summed E-state index contributed by atoms with van der Waals surface area (Å²) in [7, 11) is 0. The van der Waals surface area contributed by atoms with E-state index in [0.29, 0.717) is 24.5 Å². The molecule has 2 saturated carbocycles. The van der Waals surface area contributed by atoms with Crippen molar-refractivity contribution in [2.75, 3.05) is 25.0 Å². The van der Waals surface area contributed by atoms with E-state index >= 15 is 0 Å². The molecule has 1 aliphatic heterocycles. The summed E-state index contributed by atoms with van der Waals surface area (Å²) in [5.41, 5.74) is 0.689. The maximum Gasteiger partial charge on any atom is 0.260 e. The van der Waals surface area contributed by atoms with E-state index in [4.69, 9.17) is 4.74 Å². The van der Waals surface area contributed by atoms with Gasteiger partial charge in [0.15, 0.2) is 6.61 Å². The summed E-state index contributed by atoms with van der Waals surface area (Å²) < 4.78 is 5.64. The third-order valence-electron chi connectivity index (χ3n) is 5.55. The average molecular weight is 385 g/mol. The van der Waals surface area contributed by atoms with Gasteiger partial charge >= 0.3 is 0 Å². The molecule has 0 bridgehead atoms. The molecule has 0 atom stereocenters. The lowest BCUT2D eigenvalue weighted by Crippen LogP contribution is -2.48. The van der Waals surface area contributed by atoms with E-state index in [9.17, 15) is 14.4 Å². The molecule has 0 spiro atoms. The number of benzene rings is 1. The van der Waals surface area contributed by atoms with Gasteiger partial charge in [-0.1, -0.05) is 6.07 Å². The normalized spacial score (nSPS) is 19.8. The minimum atomic E-state index is -0.0561. The van der Waals surface area contributed by atoms with Crippen molar-refractivity contribution < 1.29 is 19.1 Å². The van der Waals surface area contributed by atoms with Crippen LogP contribution >= 0.6 is 0 Å². The molecule has 1 saturated heterocycles. The van der Waals surface area contributed by atoms with E-state index in [0.717, 1.165) is 38.5 Å². The number of rotatable bonds is 7. The fourth-order valence-electron chi connectivity index (χ4n) is 3.43. The standard InChI is InChI=1S/C21H27N3O4/c25-19(24-10-8-16(9-11-24)22-20(26)14-4-5-14)13-28-18-3-1-2-17(12-18)23-21(27)15-6-7-15/h1-3,12,14-16H,4-11,13H2,(H,22,26)(H,23,27). The maximum atomic E-state index is 12.4. The number of amides is 3. The number of piperidine rings is 1. The molecule has 7 nitrogen and oxygen atoms in total. The monoisotopic (exact) mass is 385 g/mol. The van der Waals surface area contributed by atoms with Crippen molar-refractivity contribution in [2.45, 2.75) is 44.6 Å². The third kappa shape index (κ3) is 5.03. The van der Waals surface area contributed by atoms with Gasteiger partial charge in [-0.2, -0.15) is 0 Å². The Bertz CT molecular complexity index is 750. The van der Waals surface area contributed by atoms with Crippen molar-refractivity contribution in [2.24, 2.45) is 11.8 Å². The number of likely N-dealkylation sites (tertiary alicyclic amines) is 1. The lowest BCUT2D eigenvalue weighted by Gasteiger charge is -2.32. The van der Waals surface area contributed by atoms with Gasteiger partial charge in [0.1, 0.15) is 5.75 Å². The molecule has 1 aromatic rings. The molecule has 3 amide bonds. The van der Waals surface area contributed by atoms with Gasteiger partial charge in [-0.05, 0) is 50.7 Å². The molecular weight excluding hydrogens is 358 g/mol. The summed E-state index contributed by atoms with van der Waals surface area (Å²) in [6.45, 7) is 1.24. The van der Waals surface area contributed by atoms with Crippen LogP contribution in [0.5, 0.6) is 5.75 Å². The van der Waals surface area contributed by atoms with Crippen molar-refractivity contribution in [1.29, 1.82) is 0 Å². The fourth-order valence-corrected chi connectivity index (χ4v) is 3.43. The van der Waals surface area contributed by atoms with Gasteiger partial charge in [-0.3, -0.25) is 14.4 Å². The number of nitrogens with one attached hydrogen (secondary N) is 2. The van der Waals surface area contributed by atoms with Gasteiger partial charge in [-0.15, -0.1) is 0 Å². The largest absolute Gasteiger partial charge is 0.484 e. The molecule has 3 aliphatic rings. The Balaban J connectivity index is 1.20. The van der Waals surface area contributed by atoms with E-state index in [-0.39, 0.29) is 42.2 Å². The van der Waals surface area contributed by atoms with E-state index in [1.54, 1.807) is 23.1 Å². The quantitative estimate of drug-likeness (QED) is 0.751. The van der Waals surface area contributed by atoms with Crippen LogP contribution in [0.25, 0.3) is 0 Å². The number of hydrogen-bond donors (Lipinski definition) is 2. The van der Waals surface area contributed by atoms with E-state index in [1.165, 1.54) is 0 Å². The van der Waals surface area contributed by atoms with Crippen molar-refractivity contribution in [3.8, 4) is 5.75 Å². The fraction of sp³-hybridized carbons (Fsp3) is 0.571. The zero-order valence-electron chi connectivity index (χ0n) is 16.0. The van der Waals surface area contributed by atoms with Crippen LogP contribution in [0.3, 0.4) is 0 Å². The number of nitrogens with zero attached hydrogens (tertiary/aromatic N) is 1. The molecular formula is C21H27N3O4. The number of carbonyl (C=O) groups excluding carboxylic acids is 3. The summed E-state index contributed by atoms with van der Waals surface area (Å²) in [6, 6.07) is 7.31. The van der Waals surface area contributed by atoms with Crippen molar-refractivity contribution in [1.82, 2.24) is 10.2 Å². The van der Waals surface area contributed by atoms with Crippen molar-refractivity contribution >= 4 is 23.4 Å². The van der Waals surface area contributed by atoms with Crippen LogP contribution in [0.1, 0.15) is 38.5 Å². The van der Waals surface area contributed by atoms with Gasteiger partial charge in [0.2, 0.25) is 11.8 Å². The Labute approximate surface area is 164 Å². The Morgan fingerprint density at radius 1 is 0.964 bits per heavy atom. The molecule has 2 aliphatic carbocycles. The summed E-state index contributed by atoms with van der Waals surface area (Å²) in [6.07, 6.45) is 5.49. The second-order valence-electron chi connectivity index (χ2n) is 8.02. The Kier molecular flexibility index (Phi) is 5.50. The van der Waals surface area contributed by atoms with E-state index in [1.807, 2.05) is 6.07 Å². The average Bonchev–Trinajstić information content (AvgIpc) is 3.58. The molecule has 0 aromatic heterocycles. The van der Waals surface area contributed by atoms with Crippen LogP contribution in [0.2, 0.25) is 0 Å². The molecule has 28 heavy (non-hydrogen) atoms. The van der Waals surface area contributed by atoms with Crippen LogP contribution in [0, 0.1) is 11.8 Å². The topological polar surface area (TPSA) is 87.7 Å². The van der Waals surface area contributed by atoms with Crippen LogP contribution in [0.15, 0.2) is 24.3 Å². The first kappa shape index (κ1) is 18.8. The molecule has 1 heterocycles. The molecule has 150 valence electrons. The van der Waals surface area contributed by atoms with E-state index < -0.39 is 0 Å². The second kappa shape index (κ2) is 8.20. The summed E-state index contributed by atoms with van der Waals surface area (Å²) >= 11 is 0. The second-order valence-corrected chi connectivity index (χ2v) is 8.02. The minimum Gasteiger partial charge on any atom is -0.484 e. The third-order valence-corrected chi connectivity index (χ3v) is 5.55. The van der Waals surface area contributed by atoms with Gasteiger partial charge < -0.3 is 20.3 Å². The predicted octanol–water partition coefficient (Wildman–Crippen LogP) is 1.93. The molecule has 0 radical (unpaired) electrons. The highest BCUT2D eigenvalue weighted by molar-refractivity contribution is 5.94. The number of anilines is 1. The zero-order chi connectivity index (χ0) is 19.5. The molecule has 7 heteroatoms. The van der Waals surface area contributed by atoms with Crippen LogP contribution in [-0.2, 0) is 14.4 Å². The van der Waals surface area contributed by atoms with Gasteiger partial charge in [0.25, 0.3) is 5.91 Å². The highest BCUT2D eigenvalue weighted by Crippen LogP contribution is 2.31.